The fraction of sp³-hybridized carbons (Fsp3) is 0.600. The van der Waals surface area contributed by atoms with Crippen LogP contribution in [0.25, 0.3) is 10.2 Å². The summed E-state index contributed by atoms with van der Waals surface area (Å²) in [6.45, 7) is 12.1. The van der Waals surface area contributed by atoms with Gasteiger partial charge in [0.15, 0.2) is 0 Å². The van der Waals surface area contributed by atoms with Gasteiger partial charge < -0.3 is 5.32 Å². The van der Waals surface area contributed by atoms with E-state index in [1.807, 2.05) is 0 Å². The molecule has 0 bridgehead atoms. The van der Waals surface area contributed by atoms with E-state index in [-0.39, 0.29) is 5.41 Å². The number of nitrogens with one attached hydrogen (secondary N) is 1. The normalized spacial score (nSPS) is 13.9. The Morgan fingerprint density at radius 2 is 2.05 bits per heavy atom. The fourth-order valence-electron chi connectivity index (χ4n) is 2.31. The third-order valence-corrected chi connectivity index (χ3v) is 4.39. The molecule has 0 fully saturated rings. The number of fused-ring (bicyclic) bond motifs is 1. The molecule has 2 aromatic rings. The molecule has 3 nitrogen and oxygen atoms in total. The average Bonchev–Trinajstić information content (AvgIpc) is 2.68. The van der Waals surface area contributed by atoms with Gasteiger partial charge in [0.1, 0.15) is 11.2 Å². The average molecular weight is 277 g/mol. The van der Waals surface area contributed by atoms with Crippen LogP contribution in [0, 0.1) is 12.3 Å². The van der Waals surface area contributed by atoms with Crippen molar-refractivity contribution < 1.29 is 0 Å². The number of hydrogen-bond acceptors (Lipinski definition) is 4. The predicted molar refractivity (Wildman–Crippen MR) is 82.8 cm³/mol. The van der Waals surface area contributed by atoms with Crippen molar-refractivity contribution in [3.05, 3.63) is 23.0 Å². The van der Waals surface area contributed by atoms with Crippen LogP contribution in [-0.4, -0.2) is 22.6 Å². The first kappa shape index (κ1) is 14.4. The molecule has 1 N–H and O–H groups in total. The number of thiophene rings is 1. The first-order valence-electron chi connectivity index (χ1n) is 6.85. The number of likely N-dealkylation sites (N-methyl/N-ethyl adjacent to an activating group) is 1. The van der Waals surface area contributed by atoms with Gasteiger partial charge in [-0.1, -0.05) is 27.7 Å². The second-order valence-electron chi connectivity index (χ2n) is 6.08. The molecule has 19 heavy (non-hydrogen) atoms. The fourth-order valence-corrected chi connectivity index (χ4v) is 3.18. The molecule has 4 heteroatoms. The predicted octanol–water partition coefficient (Wildman–Crippen LogP) is 3.57. The maximum absolute atomic E-state index is 4.51. The zero-order valence-electron chi connectivity index (χ0n) is 12.4. The maximum Gasteiger partial charge on any atom is 0.127 e. The van der Waals surface area contributed by atoms with E-state index in [4.69, 9.17) is 0 Å². The van der Waals surface area contributed by atoms with Crippen molar-refractivity contribution in [1.29, 1.82) is 0 Å². The van der Waals surface area contributed by atoms with E-state index in [0.717, 1.165) is 23.5 Å². The van der Waals surface area contributed by atoms with E-state index in [1.54, 1.807) is 17.7 Å². The number of hydrogen-bond donors (Lipinski definition) is 1. The molecule has 0 aliphatic carbocycles. The lowest BCUT2D eigenvalue weighted by Crippen LogP contribution is -2.42. The second kappa shape index (κ2) is 5.55. The Balaban J connectivity index is 2.33. The highest BCUT2D eigenvalue weighted by atomic mass is 32.1. The molecule has 0 amide bonds. The minimum absolute atomic E-state index is 0.221. The van der Waals surface area contributed by atoms with Crippen molar-refractivity contribution in [2.75, 3.05) is 6.54 Å². The van der Waals surface area contributed by atoms with Crippen LogP contribution in [0.15, 0.2) is 12.4 Å². The van der Waals surface area contributed by atoms with Gasteiger partial charge in [0.05, 0.1) is 5.69 Å². The molecule has 0 saturated heterocycles. The molecular formula is C15H23N3S. The highest BCUT2D eigenvalue weighted by Crippen LogP contribution is 2.28. The summed E-state index contributed by atoms with van der Waals surface area (Å²) >= 11 is 1.74. The SMILES string of the molecule is CCNC(Cc1ncnc2sc(C)cc12)C(C)(C)C. The van der Waals surface area contributed by atoms with Crippen LogP contribution in [0.4, 0.5) is 0 Å². The lowest BCUT2D eigenvalue weighted by atomic mass is 9.83. The largest absolute Gasteiger partial charge is 0.313 e. The van der Waals surface area contributed by atoms with Gasteiger partial charge in [0.25, 0.3) is 0 Å². The molecule has 0 aromatic carbocycles. The lowest BCUT2D eigenvalue weighted by Gasteiger charge is -2.31. The zero-order valence-corrected chi connectivity index (χ0v) is 13.3. The monoisotopic (exact) mass is 277 g/mol. The summed E-state index contributed by atoms with van der Waals surface area (Å²) < 4.78 is 0. The summed E-state index contributed by atoms with van der Waals surface area (Å²) in [5.41, 5.74) is 1.38. The molecule has 0 saturated carbocycles. The molecule has 1 unspecified atom stereocenters. The quantitative estimate of drug-likeness (QED) is 0.928. The van der Waals surface area contributed by atoms with Crippen LogP contribution in [-0.2, 0) is 6.42 Å². The van der Waals surface area contributed by atoms with Gasteiger partial charge in [-0.05, 0) is 24.9 Å². The van der Waals surface area contributed by atoms with Crippen molar-refractivity contribution in [3.63, 3.8) is 0 Å². The Hall–Kier alpha value is -1.00. The van der Waals surface area contributed by atoms with E-state index >= 15 is 0 Å². The van der Waals surface area contributed by atoms with E-state index in [9.17, 15) is 0 Å². The summed E-state index contributed by atoms with van der Waals surface area (Å²) in [5.74, 6) is 0. The van der Waals surface area contributed by atoms with Gasteiger partial charge in [-0.2, -0.15) is 0 Å². The molecule has 2 heterocycles. The first-order valence-corrected chi connectivity index (χ1v) is 7.67. The van der Waals surface area contributed by atoms with Gasteiger partial charge >= 0.3 is 0 Å². The summed E-state index contributed by atoms with van der Waals surface area (Å²) in [6.07, 6.45) is 2.64. The van der Waals surface area contributed by atoms with Crippen LogP contribution in [0.5, 0.6) is 0 Å². The summed E-state index contributed by atoms with van der Waals surface area (Å²) in [7, 11) is 0. The van der Waals surface area contributed by atoms with Crippen LogP contribution < -0.4 is 5.32 Å². The van der Waals surface area contributed by atoms with Crippen molar-refractivity contribution in [3.8, 4) is 0 Å². The van der Waals surface area contributed by atoms with Gasteiger partial charge in [-0.25, -0.2) is 9.97 Å². The molecule has 2 aromatic heterocycles. The Labute approximate surface area is 119 Å². The molecule has 0 aliphatic rings. The molecule has 2 rings (SSSR count). The van der Waals surface area contributed by atoms with E-state index < -0.39 is 0 Å². The summed E-state index contributed by atoms with van der Waals surface area (Å²) in [4.78, 5) is 11.3. The standard InChI is InChI=1S/C15H23N3S/c1-6-16-13(15(3,4)5)8-12-11-7-10(2)19-14(11)18-9-17-12/h7,9,13,16H,6,8H2,1-5H3. The van der Waals surface area contributed by atoms with E-state index in [1.165, 1.54) is 10.3 Å². The summed E-state index contributed by atoms with van der Waals surface area (Å²) in [5, 5.41) is 4.81. The highest BCUT2D eigenvalue weighted by Gasteiger charge is 2.25. The van der Waals surface area contributed by atoms with Gasteiger partial charge in [0.2, 0.25) is 0 Å². The number of nitrogens with zero attached hydrogens (tertiary/aromatic N) is 2. The van der Waals surface area contributed by atoms with Gasteiger partial charge in [0, 0.05) is 22.7 Å². The first-order chi connectivity index (χ1) is 8.91. The van der Waals surface area contributed by atoms with Crippen LogP contribution in [0.3, 0.4) is 0 Å². The summed E-state index contributed by atoms with van der Waals surface area (Å²) in [6, 6.07) is 2.64. The molecule has 0 spiro atoms. The van der Waals surface area contributed by atoms with Gasteiger partial charge in [-0.3, -0.25) is 0 Å². The molecular weight excluding hydrogens is 254 g/mol. The van der Waals surface area contributed by atoms with Gasteiger partial charge in [-0.15, -0.1) is 11.3 Å². The van der Waals surface area contributed by atoms with Crippen molar-refractivity contribution in [2.24, 2.45) is 5.41 Å². The smallest absolute Gasteiger partial charge is 0.127 e. The van der Waals surface area contributed by atoms with Crippen LogP contribution in [0.2, 0.25) is 0 Å². The molecule has 0 aliphatic heterocycles. The number of aryl methyl sites for hydroxylation is 1. The topological polar surface area (TPSA) is 37.8 Å². The van der Waals surface area contributed by atoms with Crippen molar-refractivity contribution in [1.82, 2.24) is 15.3 Å². The Morgan fingerprint density at radius 3 is 2.68 bits per heavy atom. The Morgan fingerprint density at radius 1 is 1.32 bits per heavy atom. The Kier molecular flexibility index (Phi) is 4.21. The molecule has 0 radical (unpaired) electrons. The zero-order chi connectivity index (χ0) is 14.0. The third-order valence-electron chi connectivity index (χ3n) is 3.43. The van der Waals surface area contributed by atoms with Crippen LogP contribution in [0.1, 0.15) is 38.3 Å². The molecule has 104 valence electrons. The van der Waals surface area contributed by atoms with Crippen LogP contribution >= 0.6 is 11.3 Å². The second-order valence-corrected chi connectivity index (χ2v) is 7.31. The Bertz CT molecular complexity index is 554. The number of aromatic nitrogens is 2. The highest BCUT2D eigenvalue weighted by molar-refractivity contribution is 7.18. The third kappa shape index (κ3) is 3.31. The van der Waals surface area contributed by atoms with E-state index in [0.29, 0.717) is 6.04 Å². The maximum atomic E-state index is 4.51. The number of rotatable bonds is 4. The lowest BCUT2D eigenvalue weighted by molar-refractivity contribution is 0.269. The molecule has 1 atom stereocenters. The van der Waals surface area contributed by atoms with Crippen molar-refractivity contribution in [2.45, 2.75) is 47.1 Å². The minimum atomic E-state index is 0.221. The van der Waals surface area contributed by atoms with E-state index in [2.05, 4.69) is 56.0 Å². The minimum Gasteiger partial charge on any atom is -0.313 e. The van der Waals surface area contributed by atoms with Crippen molar-refractivity contribution >= 4 is 21.6 Å².